The Morgan fingerprint density at radius 1 is 1.17 bits per heavy atom. The van der Waals surface area contributed by atoms with E-state index in [1.807, 2.05) is 30.3 Å². The van der Waals surface area contributed by atoms with Gasteiger partial charge in [0, 0.05) is 17.1 Å². The van der Waals surface area contributed by atoms with Crippen LogP contribution in [-0.2, 0) is 27.3 Å². The van der Waals surface area contributed by atoms with Crippen LogP contribution in [-0.4, -0.2) is 18.0 Å². The molecule has 2 aromatic rings. The molecule has 2 aromatic carbocycles. The highest BCUT2D eigenvalue weighted by Crippen LogP contribution is 2.20. The van der Waals surface area contributed by atoms with Crippen LogP contribution < -0.4 is 5.32 Å². The van der Waals surface area contributed by atoms with E-state index in [-0.39, 0.29) is 17.0 Å². The molecule has 0 unspecified atom stereocenters. The second-order valence-electron chi connectivity index (χ2n) is 5.21. The first-order valence-corrected chi connectivity index (χ1v) is 7.79. The van der Waals surface area contributed by atoms with Crippen LogP contribution in [0.5, 0.6) is 0 Å². The molecule has 0 aliphatic heterocycles. The van der Waals surface area contributed by atoms with Crippen molar-refractivity contribution >= 4 is 23.5 Å². The molecular formula is C18H17ClFNO3. The monoisotopic (exact) mass is 349 g/mol. The third-order valence-corrected chi connectivity index (χ3v) is 3.72. The first kappa shape index (κ1) is 17.9. The van der Waals surface area contributed by atoms with E-state index in [1.165, 1.54) is 25.1 Å². The summed E-state index contributed by atoms with van der Waals surface area (Å²) in [5.41, 5.74) is 0.989. The molecule has 4 nitrogen and oxygen atoms in total. The Kier molecular flexibility index (Phi) is 6.32. The van der Waals surface area contributed by atoms with Crippen LogP contribution in [0, 0.1) is 5.82 Å². The summed E-state index contributed by atoms with van der Waals surface area (Å²) in [4.78, 5) is 23.8. The number of hydrogen-bond donors (Lipinski definition) is 1. The summed E-state index contributed by atoms with van der Waals surface area (Å²) >= 11 is 5.86. The van der Waals surface area contributed by atoms with Gasteiger partial charge >= 0.3 is 5.97 Å². The van der Waals surface area contributed by atoms with Crippen LogP contribution in [0.2, 0.25) is 5.02 Å². The fourth-order valence-electron chi connectivity index (χ4n) is 2.07. The smallest absolute Gasteiger partial charge is 0.311 e. The zero-order chi connectivity index (χ0) is 17.5. The van der Waals surface area contributed by atoms with Gasteiger partial charge < -0.3 is 10.1 Å². The zero-order valence-corrected chi connectivity index (χ0v) is 13.8. The van der Waals surface area contributed by atoms with Crippen molar-refractivity contribution in [3.63, 3.8) is 0 Å². The first-order valence-electron chi connectivity index (χ1n) is 7.41. The molecule has 126 valence electrons. The van der Waals surface area contributed by atoms with Gasteiger partial charge in [-0.2, -0.15) is 0 Å². The van der Waals surface area contributed by atoms with Crippen LogP contribution in [0.25, 0.3) is 0 Å². The molecule has 0 spiro atoms. The second kappa shape index (κ2) is 8.45. The largest absolute Gasteiger partial charge is 0.452 e. The molecule has 0 radical (unpaired) electrons. The molecule has 0 fully saturated rings. The van der Waals surface area contributed by atoms with Gasteiger partial charge in [0.2, 0.25) is 0 Å². The van der Waals surface area contributed by atoms with Gasteiger partial charge in [0.1, 0.15) is 5.82 Å². The third-order valence-electron chi connectivity index (χ3n) is 3.37. The number of carbonyl (C=O) groups excluding carboxylic acids is 2. The minimum atomic E-state index is -0.980. The van der Waals surface area contributed by atoms with Gasteiger partial charge in [0.05, 0.1) is 6.42 Å². The number of amides is 1. The Balaban J connectivity index is 1.85. The first-order chi connectivity index (χ1) is 11.5. The van der Waals surface area contributed by atoms with Crippen molar-refractivity contribution in [1.82, 2.24) is 5.32 Å². The highest BCUT2D eigenvalue weighted by Gasteiger charge is 2.19. The molecule has 0 aliphatic rings. The summed E-state index contributed by atoms with van der Waals surface area (Å²) in [5.74, 6) is -1.73. The van der Waals surface area contributed by atoms with Gasteiger partial charge in [0.15, 0.2) is 6.10 Å². The standard InChI is InChI=1S/C18H17ClFNO3/c1-12(18(23)21-11-13-6-3-2-4-7-13)24-17(22)10-14-15(19)8-5-9-16(14)20/h2-9,12H,10-11H2,1H3,(H,21,23)/t12-/m1/s1. The molecule has 0 saturated carbocycles. The summed E-state index contributed by atoms with van der Waals surface area (Å²) in [7, 11) is 0. The van der Waals surface area contributed by atoms with E-state index in [9.17, 15) is 14.0 Å². The Hall–Kier alpha value is -2.40. The quantitative estimate of drug-likeness (QED) is 0.814. The molecule has 0 aliphatic carbocycles. The molecule has 0 aromatic heterocycles. The zero-order valence-electron chi connectivity index (χ0n) is 13.1. The SMILES string of the molecule is C[C@@H](OC(=O)Cc1c(F)cccc1Cl)C(=O)NCc1ccccc1. The van der Waals surface area contributed by atoms with Crippen LogP contribution in [0.1, 0.15) is 18.1 Å². The Morgan fingerprint density at radius 3 is 2.54 bits per heavy atom. The summed E-state index contributed by atoms with van der Waals surface area (Å²) in [6.45, 7) is 1.79. The minimum absolute atomic E-state index is 0.0565. The lowest BCUT2D eigenvalue weighted by molar-refractivity contribution is -0.154. The van der Waals surface area contributed by atoms with E-state index in [1.54, 1.807) is 0 Å². The summed E-state index contributed by atoms with van der Waals surface area (Å²) in [6.07, 6.45) is -1.31. The van der Waals surface area contributed by atoms with Gasteiger partial charge in [-0.25, -0.2) is 4.39 Å². The molecule has 24 heavy (non-hydrogen) atoms. The summed E-state index contributed by atoms with van der Waals surface area (Å²) in [6, 6.07) is 13.5. The molecule has 1 amide bonds. The van der Waals surface area contributed by atoms with Gasteiger partial charge in [-0.15, -0.1) is 0 Å². The minimum Gasteiger partial charge on any atom is -0.452 e. The van der Waals surface area contributed by atoms with Crippen LogP contribution in [0.15, 0.2) is 48.5 Å². The molecule has 1 atom stereocenters. The predicted octanol–water partition coefficient (Wildman–Crippen LogP) is 3.27. The van der Waals surface area contributed by atoms with E-state index in [0.717, 1.165) is 5.56 Å². The van der Waals surface area contributed by atoms with Crippen molar-refractivity contribution in [1.29, 1.82) is 0 Å². The van der Waals surface area contributed by atoms with Crippen LogP contribution in [0.4, 0.5) is 4.39 Å². The Labute approximate surface area is 144 Å². The van der Waals surface area contributed by atoms with E-state index >= 15 is 0 Å². The Bertz CT molecular complexity index is 701. The number of esters is 1. The highest BCUT2D eigenvalue weighted by atomic mass is 35.5. The second-order valence-corrected chi connectivity index (χ2v) is 5.62. The number of rotatable bonds is 6. The van der Waals surface area contributed by atoms with Crippen molar-refractivity contribution in [2.24, 2.45) is 0 Å². The number of nitrogens with one attached hydrogen (secondary N) is 1. The molecule has 6 heteroatoms. The number of halogens is 2. The van der Waals surface area contributed by atoms with Gasteiger partial charge in [-0.1, -0.05) is 48.0 Å². The Morgan fingerprint density at radius 2 is 1.88 bits per heavy atom. The van der Waals surface area contributed by atoms with E-state index in [0.29, 0.717) is 6.54 Å². The topological polar surface area (TPSA) is 55.4 Å². The van der Waals surface area contributed by atoms with E-state index < -0.39 is 23.8 Å². The van der Waals surface area contributed by atoms with Crippen LogP contribution >= 0.6 is 11.6 Å². The molecule has 0 saturated heterocycles. The lowest BCUT2D eigenvalue weighted by Crippen LogP contribution is -2.35. The van der Waals surface area contributed by atoms with E-state index in [2.05, 4.69) is 5.32 Å². The summed E-state index contributed by atoms with van der Waals surface area (Å²) < 4.78 is 18.7. The molecule has 0 heterocycles. The lowest BCUT2D eigenvalue weighted by Gasteiger charge is -2.14. The molecule has 2 rings (SSSR count). The summed E-state index contributed by atoms with van der Waals surface area (Å²) in [5, 5.41) is 2.82. The maximum Gasteiger partial charge on any atom is 0.311 e. The molecule has 1 N–H and O–H groups in total. The van der Waals surface area contributed by atoms with Crippen LogP contribution in [0.3, 0.4) is 0 Å². The van der Waals surface area contributed by atoms with Crippen molar-refractivity contribution in [2.45, 2.75) is 26.0 Å². The number of ether oxygens (including phenoxy) is 1. The van der Waals surface area contributed by atoms with Crippen molar-refractivity contribution in [2.75, 3.05) is 0 Å². The fraction of sp³-hybridized carbons (Fsp3) is 0.222. The molecular weight excluding hydrogens is 333 g/mol. The van der Waals surface area contributed by atoms with Crippen molar-refractivity contribution in [3.05, 3.63) is 70.5 Å². The number of carbonyl (C=O) groups is 2. The number of hydrogen-bond acceptors (Lipinski definition) is 3. The average Bonchev–Trinajstić information content (AvgIpc) is 2.57. The molecule has 0 bridgehead atoms. The van der Waals surface area contributed by atoms with Gasteiger partial charge in [-0.05, 0) is 24.6 Å². The highest BCUT2D eigenvalue weighted by molar-refractivity contribution is 6.31. The van der Waals surface area contributed by atoms with E-state index in [4.69, 9.17) is 16.3 Å². The average molecular weight is 350 g/mol. The third kappa shape index (κ3) is 5.06. The number of benzene rings is 2. The van der Waals surface area contributed by atoms with Crippen molar-refractivity contribution < 1.29 is 18.7 Å². The lowest BCUT2D eigenvalue weighted by atomic mass is 10.1. The van der Waals surface area contributed by atoms with Crippen molar-refractivity contribution in [3.8, 4) is 0 Å². The normalized spacial score (nSPS) is 11.6. The maximum absolute atomic E-state index is 13.6. The maximum atomic E-state index is 13.6. The van der Waals surface area contributed by atoms with Gasteiger partial charge in [0.25, 0.3) is 5.91 Å². The fourth-order valence-corrected chi connectivity index (χ4v) is 2.30. The van der Waals surface area contributed by atoms with Gasteiger partial charge in [-0.3, -0.25) is 9.59 Å². The predicted molar refractivity (Wildman–Crippen MR) is 89.0 cm³/mol.